The zero-order valence-corrected chi connectivity index (χ0v) is 51.0. The molecule has 0 saturated carbocycles. The fraction of sp³-hybridized carbons (Fsp3) is 0.891. The number of Topliss-reactive ketones (excluding diaryl/α,β-unsaturated/α-hetero) is 1. The number of hydrogen-bond donors (Lipinski definition) is 19. The minimum absolute atomic E-state index is 0.0287. The molecule has 0 aromatic carbocycles. The van der Waals surface area contributed by atoms with Crippen LogP contribution in [0.4, 0.5) is 0 Å². The van der Waals surface area contributed by atoms with E-state index in [1.165, 1.54) is 6.92 Å². The first-order valence-electron chi connectivity index (χ1n) is 30.6. The van der Waals surface area contributed by atoms with Crippen molar-refractivity contribution in [2.75, 3.05) is 105 Å². The monoisotopic (exact) mass is 1320 g/mol. The van der Waals surface area contributed by atoms with Crippen LogP contribution in [0.1, 0.15) is 77.6 Å². The van der Waals surface area contributed by atoms with Gasteiger partial charge in [0.1, 0.15) is 111 Å². The van der Waals surface area contributed by atoms with Crippen molar-refractivity contribution in [1.82, 2.24) is 25.3 Å². The van der Waals surface area contributed by atoms with Crippen LogP contribution in [-0.2, 0) is 66.7 Å². The van der Waals surface area contributed by atoms with Crippen LogP contribution in [0.25, 0.3) is 0 Å². The number of aliphatic hydroxyl groups is 16. The first-order chi connectivity index (χ1) is 43.3. The van der Waals surface area contributed by atoms with Crippen molar-refractivity contribution in [2.24, 2.45) is 5.73 Å². The minimum Gasteiger partial charge on any atom is -0.394 e. The number of amides is 5. The van der Waals surface area contributed by atoms with Crippen LogP contribution < -0.4 is 16.4 Å². The SMILES string of the molecule is CC(=O)[C@H](CCCCN)NC(=O)CCCCCNC(=O)CCCCC(=O)N(CC(=O)N(CCO[C@H]1O[C@H](CO)[C@@H](O)[C@H](O)[C@@H]1O)CCO[C@H]1O[C@H](CO)[C@@H](O)[C@H](O)[C@@H]1O)CC(=O)N(CCO[C@H]1O[C@H](CO)[C@@H](O)[C@H](O)[C@@H]1O)CCO[C@H]1O[C@H](CO)[C@@H](O)[C@H](O)[C@@H]1O. The van der Waals surface area contributed by atoms with Crippen LogP contribution in [-0.4, -0.2) is 366 Å². The largest absolute Gasteiger partial charge is 0.394 e. The molecule has 20 N–H and O–H groups in total. The second-order valence-electron chi connectivity index (χ2n) is 22.7. The summed E-state index contributed by atoms with van der Waals surface area (Å²) in [5, 5.41) is 170. The Hall–Kier alpha value is -3.98. The molecule has 4 saturated heterocycles. The zero-order chi connectivity index (χ0) is 67.5. The number of nitrogens with two attached hydrogens (primary N) is 1. The quantitative estimate of drug-likeness (QED) is 0.0253. The van der Waals surface area contributed by atoms with Crippen molar-refractivity contribution in [1.29, 1.82) is 0 Å². The molecule has 4 rings (SSSR count). The molecule has 0 radical (unpaired) electrons. The molecule has 36 heteroatoms. The lowest BCUT2D eigenvalue weighted by molar-refractivity contribution is -0.303. The third-order valence-corrected chi connectivity index (χ3v) is 15.9. The Balaban J connectivity index is 1.54. The predicted octanol–water partition coefficient (Wildman–Crippen LogP) is -10.8. The molecule has 91 heavy (non-hydrogen) atoms. The second kappa shape index (κ2) is 41.1. The number of rotatable bonds is 41. The van der Waals surface area contributed by atoms with Crippen molar-refractivity contribution in [2.45, 2.75) is 206 Å². The Morgan fingerprint density at radius 3 is 1.10 bits per heavy atom. The summed E-state index contributed by atoms with van der Waals surface area (Å²) < 4.78 is 44.2. The zero-order valence-electron chi connectivity index (χ0n) is 51.0. The van der Waals surface area contributed by atoms with Gasteiger partial charge >= 0.3 is 0 Å². The van der Waals surface area contributed by atoms with E-state index in [4.69, 9.17) is 43.6 Å². The Morgan fingerprint density at radius 2 is 0.758 bits per heavy atom. The molecule has 0 bridgehead atoms. The van der Waals surface area contributed by atoms with Crippen LogP contribution >= 0.6 is 0 Å². The van der Waals surface area contributed by atoms with E-state index in [0.29, 0.717) is 38.6 Å². The number of ether oxygens (including phenoxy) is 8. The lowest BCUT2D eigenvalue weighted by atomic mass is 9.99. The summed E-state index contributed by atoms with van der Waals surface area (Å²) in [5.41, 5.74) is 5.54. The van der Waals surface area contributed by atoms with Crippen LogP contribution in [0.5, 0.6) is 0 Å². The highest BCUT2D eigenvalue weighted by Gasteiger charge is 2.48. The van der Waals surface area contributed by atoms with E-state index in [0.717, 1.165) is 21.1 Å². The summed E-state index contributed by atoms with van der Waals surface area (Å²) in [6, 6.07) is -0.595. The highest BCUT2D eigenvalue weighted by Crippen LogP contribution is 2.26. The molecular formula is C55H98N6O30. The molecule has 4 heterocycles. The molecule has 0 aliphatic carbocycles. The first kappa shape index (κ1) is 79.5. The van der Waals surface area contributed by atoms with Gasteiger partial charge in [0.2, 0.25) is 29.5 Å². The standard InChI is InChI=1S/C55H98N6O30/c1-29(66)30(9-6-7-13-56)58-36(68)11-3-2-8-14-57-35(67)10-4-5-12-37(69)61(23-38(70)59(15-19-84-52-48(80)44(76)40(72)31(25-62)88-52)16-20-85-53-49(81)45(77)41(73)32(26-63)89-53)24-39(71)60(17-21-86-54-50(82)46(78)42(74)33(27-64)90-54)18-22-87-55-51(83)47(79)43(75)34(28-65)91-55/h30-34,40-55,62-65,72-83H,2-28,56H2,1H3,(H,57,67)(H,58,68)/t30-,31+,32+,33+,34+,40+,41+,42+,43+,44-,45-,46-,47-,48-,49-,50-,51-,52-,53-,54-,55-/m0/s1. The van der Waals surface area contributed by atoms with Crippen molar-refractivity contribution >= 4 is 35.3 Å². The molecule has 4 fully saturated rings. The van der Waals surface area contributed by atoms with Gasteiger partial charge in [-0.25, -0.2) is 0 Å². The number of nitrogens with zero attached hydrogens (tertiary/aromatic N) is 3. The Morgan fingerprint density at radius 1 is 0.418 bits per heavy atom. The van der Waals surface area contributed by atoms with Crippen molar-refractivity contribution in [3.8, 4) is 0 Å². The number of aliphatic hydroxyl groups excluding tert-OH is 16. The molecular weight excluding hydrogens is 1220 g/mol. The Labute approximate surface area is 525 Å². The third kappa shape index (κ3) is 24.6. The molecule has 0 spiro atoms. The van der Waals surface area contributed by atoms with Gasteiger partial charge in [0.15, 0.2) is 30.9 Å². The third-order valence-electron chi connectivity index (χ3n) is 15.9. The average Bonchev–Trinajstić information content (AvgIpc) is 1.51. The lowest BCUT2D eigenvalue weighted by Gasteiger charge is -2.40. The maximum atomic E-state index is 14.6. The minimum atomic E-state index is -1.86. The van der Waals surface area contributed by atoms with Crippen LogP contribution in [0.15, 0.2) is 0 Å². The Kier molecular flexibility index (Phi) is 35.9. The Bertz CT molecular complexity index is 1980. The van der Waals surface area contributed by atoms with Gasteiger partial charge in [0.05, 0.1) is 58.9 Å². The summed E-state index contributed by atoms with van der Waals surface area (Å²) in [7, 11) is 0. The highest BCUT2D eigenvalue weighted by atomic mass is 16.7. The molecule has 4 aliphatic heterocycles. The molecule has 528 valence electrons. The molecule has 21 atom stereocenters. The van der Waals surface area contributed by atoms with Crippen molar-refractivity contribution < 1.29 is 148 Å². The number of unbranched alkanes of at least 4 members (excludes halogenated alkanes) is 4. The number of carbonyl (C=O) groups is 6. The van der Waals surface area contributed by atoms with E-state index in [1.54, 1.807) is 0 Å². The normalized spacial score (nSPS) is 32.2. The smallest absolute Gasteiger partial charge is 0.242 e. The van der Waals surface area contributed by atoms with E-state index in [9.17, 15) is 110 Å². The first-order valence-corrected chi connectivity index (χ1v) is 30.6. The van der Waals surface area contributed by atoms with Gasteiger partial charge in [0, 0.05) is 52.0 Å². The maximum absolute atomic E-state index is 14.6. The van der Waals surface area contributed by atoms with E-state index in [-0.39, 0.29) is 56.2 Å². The highest BCUT2D eigenvalue weighted by molar-refractivity contribution is 5.89. The molecule has 36 nitrogen and oxygen atoms in total. The summed E-state index contributed by atoms with van der Waals surface area (Å²) in [6.45, 7) is -6.85. The van der Waals surface area contributed by atoms with E-state index < -0.39 is 239 Å². The van der Waals surface area contributed by atoms with Gasteiger partial charge < -0.3 is 151 Å². The number of ketones is 1. The summed E-state index contributed by atoms with van der Waals surface area (Å²) in [4.78, 5) is 83.8. The van der Waals surface area contributed by atoms with Crippen molar-refractivity contribution in [3.63, 3.8) is 0 Å². The van der Waals surface area contributed by atoms with Gasteiger partial charge in [-0.2, -0.15) is 0 Å². The van der Waals surface area contributed by atoms with E-state index in [1.807, 2.05) is 0 Å². The summed E-state index contributed by atoms with van der Waals surface area (Å²) >= 11 is 0. The van der Waals surface area contributed by atoms with Gasteiger partial charge in [-0.05, 0) is 58.4 Å². The predicted molar refractivity (Wildman–Crippen MR) is 304 cm³/mol. The van der Waals surface area contributed by atoms with Crippen LogP contribution in [0, 0.1) is 0 Å². The van der Waals surface area contributed by atoms with Crippen molar-refractivity contribution in [3.05, 3.63) is 0 Å². The lowest BCUT2D eigenvalue weighted by Crippen LogP contribution is -2.59. The number of carbonyl (C=O) groups excluding carboxylic acids is 6. The fourth-order valence-electron chi connectivity index (χ4n) is 10.2. The number of nitrogens with one attached hydrogen (secondary N) is 2. The topological polar surface area (TPSA) is 560 Å². The van der Waals surface area contributed by atoms with Gasteiger partial charge in [0.25, 0.3) is 0 Å². The molecule has 5 amide bonds. The van der Waals surface area contributed by atoms with Gasteiger partial charge in [-0.1, -0.05) is 6.42 Å². The molecule has 0 aromatic heterocycles. The average molecular weight is 1320 g/mol. The summed E-state index contributed by atoms with van der Waals surface area (Å²) in [5.74, 6) is -3.47. The second-order valence-corrected chi connectivity index (χ2v) is 22.7. The van der Waals surface area contributed by atoms with E-state index >= 15 is 0 Å². The molecule has 4 aliphatic rings. The molecule has 0 aromatic rings. The van der Waals surface area contributed by atoms with Crippen LogP contribution in [0.3, 0.4) is 0 Å². The van der Waals surface area contributed by atoms with Gasteiger partial charge in [-0.15, -0.1) is 0 Å². The van der Waals surface area contributed by atoms with Crippen LogP contribution in [0.2, 0.25) is 0 Å². The maximum Gasteiger partial charge on any atom is 0.242 e. The number of hydrogen-bond acceptors (Lipinski definition) is 31. The summed E-state index contributed by atoms with van der Waals surface area (Å²) in [6.07, 6.45) is -30.7. The fourth-order valence-corrected chi connectivity index (χ4v) is 10.2. The molecule has 0 unspecified atom stereocenters. The van der Waals surface area contributed by atoms with Gasteiger partial charge in [-0.3, -0.25) is 28.8 Å². The van der Waals surface area contributed by atoms with E-state index in [2.05, 4.69) is 10.6 Å².